The minimum Gasteiger partial charge on any atom is -0.380 e. The van der Waals surface area contributed by atoms with E-state index in [0.717, 1.165) is 48.6 Å². The number of aliphatic hydroxyl groups is 1. The summed E-state index contributed by atoms with van der Waals surface area (Å²) in [5.74, 6) is 4.64. The van der Waals surface area contributed by atoms with Gasteiger partial charge in [-0.3, -0.25) is 15.4 Å². The van der Waals surface area contributed by atoms with Gasteiger partial charge in [0, 0.05) is 13.0 Å². The van der Waals surface area contributed by atoms with E-state index in [1.54, 1.807) is 0 Å². The zero-order chi connectivity index (χ0) is 27.7. The highest BCUT2D eigenvalue weighted by Crippen LogP contribution is 2.67. The lowest BCUT2D eigenvalue weighted by Gasteiger charge is -2.59. The Morgan fingerprint density at radius 1 is 1.03 bits per heavy atom. The average molecular weight is 529 g/mol. The molecule has 0 aliphatic heterocycles. The molecule has 217 valence electrons. The second-order valence-corrected chi connectivity index (χ2v) is 14.5. The van der Waals surface area contributed by atoms with E-state index in [4.69, 9.17) is 0 Å². The van der Waals surface area contributed by atoms with Gasteiger partial charge in [-0.05, 0) is 112 Å². The molecule has 4 N–H and O–H groups in total. The predicted octanol–water partition coefficient (Wildman–Crippen LogP) is 6.19. The summed E-state index contributed by atoms with van der Waals surface area (Å²) in [5, 5.41) is 20.7. The maximum absolute atomic E-state index is 13.1. The molecule has 38 heavy (non-hydrogen) atoms. The van der Waals surface area contributed by atoms with Crippen molar-refractivity contribution in [1.82, 2.24) is 16.0 Å². The zero-order valence-electron chi connectivity index (χ0n) is 25.6. The molecule has 0 unspecified atom stereocenters. The Kier molecular flexibility index (Phi) is 9.42. The summed E-state index contributed by atoms with van der Waals surface area (Å²) in [6, 6.07) is 0. The third kappa shape index (κ3) is 5.63. The Morgan fingerprint density at radius 3 is 2.45 bits per heavy atom. The first-order chi connectivity index (χ1) is 18.0. The van der Waals surface area contributed by atoms with Crippen molar-refractivity contribution in [2.75, 3.05) is 20.6 Å². The molecule has 0 aromatic rings. The molecular weight excluding hydrogens is 470 g/mol. The maximum Gasteiger partial charge on any atom is 0.252 e. The molecule has 3 fully saturated rings. The molecule has 0 saturated heterocycles. The average Bonchev–Trinajstić information content (AvgIpc) is 3.24. The van der Waals surface area contributed by atoms with Crippen molar-refractivity contribution in [3.63, 3.8) is 0 Å². The van der Waals surface area contributed by atoms with Gasteiger partial charge in [-0.1, -0.05) is 65.5 Å². The third-order valence-corrected chi connectivity index (χ3v) is 12.1. The van der Waals surface area contributed by atoms with Gasteiger partial charge in [0.25, 0.3) is 5.91 Å². The molecule has 1 amide bonds. The highest BCUT2D eigenvalue weighted by molar-refractivity contribution is 5.85. The molecule has 0 bridgehead atoms. The van der Waals surface area contributed by atoms with Crippen LogP contribution in [-0.2, 0) is 4.79 Å². The SMILES string of the molecule is CN[C](CCNC(=O)[C@]1(O)CC[C@@]2(C)C(=CC[C@H]3[C@@H]4CC[C@H]([C@H](C)CCCC(C)C)[C@@]4(C)CC[C@@H]32)C1)NC. The van der Waals surface area contributed by atoms with Crippen molar-refractivity contribution in [1.29, 1.82) is 0 Å². The van der Waals surface area contributed by atoms with Gasteiger partial charge in [-0.15, -0.1) is 0 Å². The number of hydrogen-bond donors (Lipinski definition) is 4. The van der Waals surface area contributed by atoms with Crippen molar-refractivity contribution in [3.8, 4) is 0 Å². The third-order valence-electron chi connectivity index (χ3n) is 12.1. The van der Waals surface area contributed by atoms with Crippen LogP contribution in [0, 0.1) is 52.5 Å². The minimum atomic E-state index is -1.27. The Hall–Kier alpha value is -0.910. The summed E-state index contributed by atoms with van der Waals surface area (Å²) in [4.78, 5) is 13.1. The molecule has 4 rings (SSSR count). The van der Waals surface area contributed by atoms with Gasteiger partial charge in [0.05, 0.1) is 0 Å². The summed E-state index contributed by atoms with van der Waals surface area (Å²) >= 11 is 0. The number of amides is 1. The van der Waals surface area contributed by atoms with Crippen LogP contribution >= 0.6 is 0 Å². The standard InChI is InChI=1S/C33H58N3O2/c1-22(2)9-8-10-23(3)26-13-14-27-25-12-11-24-21-33(38,30(37)36-20-16-29(34-6)35-7)19-18-31(24,4)28(25)15-17-32(26,27)5/h11,22-23,25-28,34-35,38H,8-10,12-21H2,1-7H3,(H,36,37)/t23-,25+,26-,27+,28+,31+,32-,33+/m1/s1. The van der Waals surface area contributed by atoms with E-state index in [1.807, 2.05) is 14.1 Å². The molecule has 4 aliphatic carbocycles. The fourth-order valence-electron chi connectivity index (χ4n) is 9.71. The number of hydrogen-bond acceptors (Lipinski definition) is 4. The molecule has 8 atom stereocenters. The van der Waals surface area contributed by atoms with Crippen LogP contribution in [0.1, 0.15) is 112 Å². The fourth-order valence-corrected chi connectivity index (χ4v) is 9.71. The van der Waals surface area contributed by atoms with E-state index in [2.05, 4.69) is 56.6 Å². The minimum absolute atomic E-state index is 0.136. The van der Waals surface area contributed by atoms with Crippen molar-refractivity contribution in [2.24, 2.45) is 46.3 Å². The topological polar surface area (TPSA) is 73.4 Å². The van der Waals surface area contributed by atoms with E-state index >= 15 is 0 Å². The molecular formula is C33H58N3O2. The Balaban J connectivity index is 1.41. The van der Waals surface area contributed by atoms with Gasteiger partial charge in [-0.25, -0.2) is 0 Å². The van der Waals surface area contributed by atoms with Crippen molar-refractivity contribution in [3.05, 3.63) is 17.8 Å². The van der Waals surface area contributed by atoms with Crippen LogP contribution in [0.25, 0.3) is 0 Å². The van der Waals surface area contributed by atoms with Gasteiger partial charge < -0.3 is 10.4 Å². The van der Waals surface area contributed by atoms with Crippen LogP contribution in [0.5, 0.6) is 0 Å². The summed E-state index contributed by atoms with van der Waals surface area (Å²) in [5.41, 5.74) is 0.716. The first-order valence-corrected chi connectivity index (χ1v) is 15.9. The number of rotatable bonds is 11. The molecule has 1 radical (unpaired) electrons. The summed E-state index contributed by atoms with van der Waals surface area (Å²) in [6.45, 7) is 12.9. The Bertz CT molecular complexity index is 853. The van der Waals surface area contributed by atoms with Gasteiger partial charge >= 0.3 is 0 Å². The number of allylic oxidation sites excluding steroid dienone is 1. The van der Waals surface area contributed by atoms with Crippen LogP contribution in [-0.4, -0.2) is 37.3 Å². The van der Waals surface area contributed by atoms with E-state index in [0.29, 0.717) is 37.1 Å². The molecule has 5 nitrogen and oxygen atoms in total. The van der Waals surface area contributed by atoms with Crippen molar-refractivity contribution < 1.29 is 9.90 Å². The second-order valence-electron chi connectivity index (χ2n) is 14.5. The van der Waals surface area contributed by atoms with Gasteiger partial charge in [0.1, 0.15) is 11.8 Å². The number of fused-ring (bicyclic) bond motifs is 5. The van der Waals surface area contributed by atoms with Crippen LogP contribution in [0.3, 0.4) is 0 Å². The first-order valence-electron chi connectivity index (χ1n) is 15.9. The lowest BCUT2D eigenvalue weighted by molar-refractivity contribution is -0.145. The highest BCUT2D eigenvalue weighted by Gasteiger charge is 2.60. The first kappa shape index (κ1) is 30.1. The summed E-state index contributed by atoms with van der Waals surface area (Å²) in [7, 11) is 3.75. The molecule has 0 aromatic heterocycles. The number of carbonyl (C=O) groups excluding carboxylic acids is 1. The van der Waals surface area contributed by atoms with Crippen molar-refractivity contribution >= 4 is 5.91 Å². The summed E-state index contributed by atoms with van der Waals surface area (Å²) in [6.07, 6.45) is 16.9. The lowest BCUT2D eigenvalue weighted by atomic mass is 9.46. The molecule has 5 heteroatoms. The van der Waals surface area contributed by atoms with E-state index < -0.39 is 5.60 Å². The van der Waals surface area contributed by atoms with Gasteiger partial charge in [-0.2, -0.15) is 0 Å². The van der Waals surface area contributed by atoms with Crippen molar-refractivity contribution in [2.45, 2.75) is 117 Å². The maximum atomic E-state index is 13.1. The highest BCUT2D eigenvalue weighted by atomic mass is 16.3. The van der Waals surface area contributed by atoms with Crippen LogP contribution < -0.4 is 16.0 Å². The molecule has 3 saturated carbocycles. The molecule has 0 aromatic carbocycles. The fraction of sp³-hybridized carbons (Fsp3) is 0.879. The molecule has 4 aliphatic rings. The quantitative estimate of drug-likeness (QED) is 0.241. The molecule has 0 heterocycles. The van der Waals surface area contributed by atoms with Gasteiger partial charge in [0.2, 0.25) is 0 Å². The predicted molar refractivity (Wildman–Crippen MR) is 157 cm³/mol. The molecule has 0 spiro atoms. The summed E-state index contributed by atoms with van der Waals surface area (Å²) < 4.78 is 0. The largest absolute Gasteiger partial charge is 0.380 e. The zero-order valence-corrected chi connectivity index (χ0v) is 25.6. The van der Waals surface area contributed by atoms with E-state index in [9.17, 15) is 9.90 Å². The number of carbonyl (C=O) groups is 1. The van der Waals surface area contributed by atoms with E-state index in [1.165, 1.54) is 50.5 Å². The monoisotopic (exact) mass is 528 g/mol. The number of nitrogens with one attached hydrogen (secondary N) is 3. The second kappa shape index (κ2) is 11.9. The Morgan fingerprint density at radius 2 is 1.76 bits per heavy atom. The smallest absolute Gasteiger partial charge is 0.252 e. The van der Waals surface area contributed by atoms with Crippen LogP contribution in [0.4, 0.5) is 0 Å². The van der Waals surface area contributed by atoms with E-state index in [-0.39, 0.29) is 11.3 Å². The Labute approximate surface area is 233 Å². The van der Waals surface area contributed by atoms with Crippen LogP contribution in [0.2, 0.25) is 0 Å². The normalized spacial score (nSPS) is 39.4. The lowest BCUT2D eigenvalue weighted by Crippen LogP contribution is -2.56. The van der Waals surface area contributed by atoms with Gasteiger partial charge in [0.15, 0.2) is 0 Å². The van der Waals surface area contributed by atoms with Crippen LogP contribution in [0.15, 0.2) is 11.6 Å².